The van der Waals surface area contributed by atoms with Crippen LogP contribution in [0.1, 0.15) is 0 Å². The van der Waals surface area contributed by atoms with E-state index < -0.39 is 0 Å². The molecule has 5 heteroatoms. The summed E-state index contributed by atoms with van der Waals surface area (Å²) in [4.78, 5) is 15.3. The zero-order valence-corrected chi connectivity index (χ0v) is 8.90. The molecule has 0 aliphatic carbocycles. The second kappa shape index (κ2) is 5.29. The molecule has 0 bridgehead atoms. The van der Waals surface area contributed by atoms with Crippen LogP contribution in [-0.2, 0) is 9.53 Å². The van der Waals surface area contributed by atoms with Gasteiger partial charge in [-0.15, -0.1) is 0 Å². The van der Waals surface area contributed by atoms with Gasteiger partial charge in [0.2, 0.25) is 5.91 Å². The van der Waals surface area contributed by atoms with E-state index in [0.717, 1.165) is 0 Å². The number of ether oxygens (including phenoxy) is 1. The number of hydrogen-bond donors (Lipinski definition) is 1. The van der Waals surface area contributed by atoms with Crippen LogP contribution in [0.15, 0.2) is 0 Å². The number of amides is 1. The molecule has 0 radical (unpaired) electrons. The number of nitrogens with zero attached hydrogens (tertiary/aromatic N) is 2. The molecular formula is C9H19N3O2. The van der Waals surface area contributed by atoms with Crippen LogP contribution in [0.5, 0.6) is 0 Å². The summed E-state index contributed by atoms with van der Waals surface area (Å²) in [5.41, 5.74) is 5.49. The van der Waals surface area contributed by atoms with Gasteiger partial charge >= 0.3 is 0 Å². The zero-order chi connectivity index (χ0) is 10.6. The van der Waals surface area contributed by atoms with Crippen LogP contribution < -0.4 is 5.73 Å². The van der Waals surface area contributed by atoms with Crippen LogP contribution in [0.25, 0.3) is 0 Å². The van der Waals surface area contributed by atoms with Gasteiger partial charge in [-0.3, -0.25) is 4.79 Å². The highest BCUT2D eigenvalue weighted by Gasteiger charge is 2.23. The molecule has 0 aromatic heterocycles. The minimum atomic E-state index is 0.00913. The predicted octanol–water partition coefficient (Wildman–Crippen LogP) is -1.27. The summed E-state index contributed by atoms with van der Waals surface area (Å²) in [6, 6.07) is 0. The van der Waals surface area contributed by atoms with Crippen LogP contribution in [0.2, 0.25) is 0 Å². The van der Waals surface area contributed by atoms with Gasteiger partial charge in [-0.2, -0.15) is 0 Å². The normalized spacial score (nSPS) is 22.9. The highest BCUT2D eigenvalue weighted by molar-refractivity contribution is 5.78. The lowest BCUT2D eigenvalue weighted by Crippen LogP contribution is -2.50. The molecule has 1 fully saturated rings. The first-order valence-electron chi connectivity index (χ1n) is 4.87. The molecule has 0 aromatic carbocycles. The maximum atomic E-state index is 11.7. The average Bonchev–Trinajstić information content (AvgIpc) is 2.17. The van der Waals surface area contributed by atoms with Crippen LogP contribution in [0.4, 0.5) is 0 Å². The van der Waals surface area contributed by atoms with Gasteiger partial charge < -0.3 is 20.3 Å². The van der Waals surface area contributed by atoms with Crippen molar-refractivity contribution in [2.24, 2.45) is 5.73 Å². The highest BCUT2D eigenvalue weighted by atomic mass is 16.5. The van der Waals surface area contributed by atoms with Gasteiger partial charge in [0.15, 0.2) is 0 Å². The Morgan fingerprint density at radius 1 is 1.64 bits per heavy atom. The van der Waals surface area contributed by atoms with Gasteiger partial charge in [0, 0.05) is 19.6 Å². The fourth-order valence-electron chi connectivity index (χ4n) is 1.46. The van der Waals surface area contributed by atoms with Gasteiger partial charge in [-0.05, 0) is 14.1 Å². The van der Waals surface area contributed by atoms with Gasteiger partial charge in [0.25, 0.3) is 0 Å². The molecule has 1 aliphatic rings. The summed E-state index contributed by atoms with van der Waals surface area (Å²) < 4.78 is 5.38. The van der Waals surface area contributed by atoms with E-state index >= 15 is 0 Å². The fraction of sp³-hybridized carbons (Fsp3) is 0.889. The molecule has 1 amide bonds. The lowest BCUT2D eigenvalue weighted by molar-refractivity contribution is -0.139. The zero-order valence-electron chi connectivity index (χ0n) is 8.90. The quantitative estimate of drug-likeness (QED) is 0.619. The van der Waals surface area contributed by atoms with Gasteiger partial charge in [-0.25, -0.2) is 0 Å². The summed E-state index contributed by atoms with van der Waals surface area (Å²) in [6.45, 7) is 2.84. The third-order valence-electron chi connectivity index (χ3n) is 2.21. The second-order valence-electron chi connectivity index (χ2n) is 3.81. The molecule has 1 unspecified atom stereocenters. The molecule has 0 aromatic rings. The smallest absolute Gasteiger partial charge is 0.236 e. The number of morpholine rings is 1. The van der Waals surface area contributed by atoms with Crippen molar-refractivity contribution < 1.29 is 9.53 Å². The summed E-state index contributed by atoms with van der Waals surface area (Å²) in [5, 5.41) is 0. The summed E-state index contributed by atoms with van der Waals surface area (Å²) in [5.74, 6) is 0.150. The van der Waals surface area contributed by atoms with E-state index in [0.29, 0.717) is 32.8 Å². The average molecular weight is 201 g/mol. The predicted molar refractivity (Wildman–Crippen MR) is 53.9 cm³/mol. The SMILES string of the molecule is CN(C)CC(=O)N1CCOC(CN)C1. The Morgan fingerprint density at radius 2 is 2.36 bits per heavy atom. The number of nitrogens with two attached hydrogens (primary N) is 1. The van der Waals surface area contributed by atoms with E-state index in [-0.39, 0.29) is 12.0 Å². The van der Waals surface area contributed by atoms with Crippen molar-refractivity contribution in [2.75, 3.05) is 46.9 Å². The van der Waals surface area contributed by atoms with Crippen LogP contribution in [0, 0.1) is 0 Å². The van der Waals surface area contributed by atoms with Crippen molar-refractivity contribution in [3.8, 4) is 0 Å². The van der Waals surface area contributed by atoms with Crippen molar-refractivity contribution in [3.05, 3.63) is 0 Å². The summed E-state index contributed by atoms with van der Waals surface area (Å²) >= 11 is 0. The topological polar surface area (TPSA) is 58.8 Å². The molecule has 0 spiro atoms. The maximum absolute atomic E-state index is 11.7. The van der Waals surface area contributed by atoms with Crippen molar-refractivity contribution >= 4 is 5.91 Å². The van der Waals surface area contributed by atoms with Gasteiger partial charge in [0.05, 0.1) is 19.3 Å². The van der Waals surface area contributed by atoms with Gasteiger partial charge in [-0.1, -0.05) is 0 Å². The fourth-order valence-corrected chi connectivity index (χ4v) is 1.46. The minimum Gasteiger partial charge on any atom is -0.373 e. The molecule has 1 heterocycles. The molecule has 82 valence electrons. The maximum Gasteiger partial charge on any atom is 0.236 e. The third kappa shape index (κ3) is 3.25. The van der Waals surface area contributed by atoms with E-state index in [1.54, 1.807) is 0 Å². The van der Waals surface area contributed by atoms with Crippen molar-refractivity contribution in [1.29, 1.82) is 0 Å². The van der Waals surface area contributed by atoms with Gasteiger partial charge in [0.1, 0.15) is 0 Å². The van der Waals surface area contributed by atoms with Crippen molar-refractivity contribution in [1.82, 2.24) is 9.80 Å². The Labute approximate surface area is 84.8 Å². The Balaban J connectivity index is 2.39. The Hall–Kier alpha value is -0.650. The summed E-state index contributed by atoms with van der Waals surface area (Å²) in [7, 11) is 3.78. The third-order valence-corrected chi connectivity index (χ3v) is 2.21. The van der Waals surface area contributed by atoms with E-state index in [1.165, 1.54) is 0 Å². The molecule has 2 N–H and O–H groups in total. The lowest BCUT2D eigenvalue weighted by Gasteiger charge is -2.33. The lowest BCUT2D eigenvalue weighted by atomic mass is 10.2. The van der Waals surface area contributed by atoms with Crippen molar-refractivity contribution in [3.63, 3.8) is 0 Å². The Kier molecular flexibility index (Phi) is 4.31. The van der Waals surface area contributed by atoms with E-state index in [9.17, 15) is 4.79 Å². The molecule has 1 rings (SSSR count). The first kappa shape index (κ1) is 11.4. The molecule has 14 heavy (non-hydrogen) atoms. The molecule has 0 saturated carbocycles. The number of hydrogen-bond acceptors (Lipinski definition) is 4. The highest BCUT2D eigenvalue weighted by Crippen LogP contribution is 2.04. The van der Waals surface area contributed by atoms with Crippen molar-refractivity contribution in [2.45, 2.75) is 6.10 Å². The Bertz CT molecular complexity index is 196. The summed E-state index contributed by atoms with van der Waals surface area (Å²) in [6.07, 6.45) is 0.00913. The molecule has 1 atom stereocenters. The monoisotopic (exact) mass is 201 g/mol. The number of carbonyl (C=O) groups is 1. The molecule has 5 nitrogen and oxygen atoms in total. The number of carbonyl (C=O) groups excluding carboxylic acids is 1. The van der Waals surface area contributed by atoms with Crippen LogP contribution in [0.3, 0.4) is 0 Å². The first-order chi connectivity index (χ1) is 6.63. The first-order valence-corrected chi connectivity index (χ1v) is 4.87. The molecular weight excluding hydrogens is 182 g/mol. The molecule has 1 saturated heterocycles. The van der Waals surface area contributed by atoms with Crippen LogP contribution >= 0.6 is 0 Å². The standard InChI is InChI=1S/C9H19N3O2/c1-11(2)7-9(13)12-3-4-14-8(5-10)6-12/h8H,3-7,10H2,1-2H3. The number of rotatable bonds is 3. The van der Waals surface area contributed by atoms with Crippen LogP contribution in [-0.4, -0.2) is 68.7 Å². The number of likely N-dealkylation sites (N-methyl/N-ethyl adjacent to an activating group) is 1. The minimum absolute atomic E-state index is 0.00913. The van der Waals surface area contributed by atoms with E-state index in [2.05, 4.69) is 0 Å². The molecule has 1 aliphatic heterocycles. The van der Waals surface area contributed by atoms with E-state index in [4.69, 9.17) is 10.5 Å². The van der Waals surface area contributed by atoms with E-state index in [1.807, 2.05) is 23.9 Å². The Morgan fingerprint density at radius 3 is 2.93 bits per heavy atom. The second-order valence-corrected chi connectivity index (χ2v) is 3.81. The largest absolute Gasteiger partial charge is 0.373 e.